The highest BCUT2D eigenvalue weighted by atomic mass is 14.6. The Balaban J connectivity index is 0.000000255. The predicted octanol–water partition coefficient (Wildman–Crippen LogP) is 5.42. The van der Waals surface area contributed by atoms with Crippen LogP contribution in [0.5, 0.6) is 0 Å². The van der Waals surface area contributed by atoms with E-state index in [1.807, 2.05) is 27.7 Å². The molecule has 0 aromatic rings. The van der Waals surface area contributed by atoms with Crippen molar-refractivity contribution in [2.75, 3.05) is 0 Å². The third-order valence-corrected chi connectivity index (χ3v) is 4.82. The van der Waals surface area contributed by atoms with Crippen LogP contribution in [0.4, 0.5) is 0 Å². The first-order valence-corrected chi connectivity index (χ1v) is 7.41. The zero-order valence-corrected chi connectivity index (χ0v) is 11.3. The van der Waals surface area contributed by atoms with Gasteiger partial charge in [-0.15, -0.1) is 0 Å². The monoisotopic (exact) mass is 210 g/mol. The summed E-state index contributed by atoms with van der Waals surface area (Å²) < 4.78 is 0. The molecule has 0 aromatic heterocycles. The minimum atomic E-state index is 0.906. The van der Waals surface area contributed by atoms with Gasteiger partial charge in [-0.2, -0.15) is 0 Å². The van der Waals surface area contributed by atoms with Crippen molar-refractivity contribution in [2.24, 2.45) is 17.3 Å². The molecule has 3 aliphatic carbocycles. The van der Waals surface area contributed by atoms with Crippen molar-refractivity contribution in [3.63, 3.8) is 0 Å². The summed E-state index contributed by atoms with van der Waals surface area (Å²) in [5.41, 5.74) is 0.906. The van der Waals surface area contributed by atoms with Gasteiger partial charge in [-0.05, 0) is 55.8 Å². The summed E-state index contributed by atoms with van der Waals surface area (Å²) in [5, 5.41) is 0. The summed E-state index contributed by atoms with van der Waals surface area (Å²) in [6.45, 7) is 8.00. The largest absolute Gasteiger partial charge is 0.0683 e. The van der Waals surface area contributed by atoms with E-state index in [1.54, 1.807) is 51.4 Å². The van der Waals surface area contributed by atoms with Crippen LogP contribution < -0.4 is 0 Å². The first-order valence-electron chi connectivity index (χ1n) is 7.41. The second kappa shape index (κ2) is 5.92. The maximum atomic E-state index is 2.00. The van der Waals surface area contributed by atoms with Gasteiger partial charge in [0.05, 0.1) is 0 Å². The van der Waals surface area contributed by atoms with Gasteiger partial charge in [0.2, 0.25) is 0 Å². The van der Waals surface area contributed by atoms with Gasteiger partial charge in [-0.25, -0.2) is 0 Å². The van der Waals surface area contributed by atoms with Crippen molar-refractivity contribution in [3.8, 4) is 0 Å². The summed E-state index contributed by atoms with van der Waals surface area (Å²) in [6.07, 6.45) is 12.6. The van der Waals surface area contributed by atoms with Crippen LogP contribution in [0.3, 0.4) is 0 Å². The van der Waals surface area contributed by atoms with E-state index in [-0.39, 0.29) is 0 Å². The fourth-order valence-electron chi connectivity index (χ4n) is 4.31. The van der Waals surface area contributed by atoms with Crippen LogP contribution in [0, 0.1) is 17.3 Å². The molecule has 0 radical (unpaired) electrons. The Bertz CT molecular complexity index is 163. The average molecular weight is 210 g/mol. The summed E-state index contributed by atoms with van der Waals surface area (Å²) in [7, 11) is 0. The van der Waals surface area contributed by atoms with Gasteiger partial charge in [0.1, 0.15) is 0 Å². The van der Waals surface area contributed by atoms with Gasteiger partial charge < -0.3 is 0 Å². The van der Waals surface area contributed by atoms with Gasteiger partial charge in [-0.1, -0.05) is 40.5 Å². The molecule has 3 rings (SSSR count). The van der Waals surface area contributed by atoms with Crippen LogP contribution in [0.15, 0.2) is 0 Å². The maximum Gasteiger partial charge on any atom is -0.0266 e. The van der Waals surface area contributed by atoms with Crippen LogP contribution in [-0.4, -0.2) is 0 Å². The molecule has 0 aliphatic heterocycles. The molecule has 0 amide bonds. The van der Waals surface area contributed by atoms with E-state index in [1.165, 1.54) is 11.8 Å². The Kier molecular flexibility index (Phi) is 5.15. The van der Waals surface area contributed by atoms with Crippen molar-refractivity contribution in [2.45, 2.75) is 79.1 Å². The molecule has 0 spiro atoms. The van der Waals surface area contributed by atoms with Crippen LogP contribution in [0.2, 0.25) is 0 Å². The summed E-state index contributed by atoms with van der Waals surface area (Å²) >= 11 is 0. The molecule has 3 aliphatic rings. The van der Waals surface area contributed by atoms with Crippen LogP contribution in [-0.2, 0) is 0 Å². The molecular formula is C15H30. The lowest BCUT2D eigenvalue weighted by atomic mass is 9.69. The Morgan fingerprint density at radius 2 is 1.33 bits per heavy atom. The van der Waals surface area contributed by atoms with Gasteiger partial charge >= 0.3 is 0 Å². The van der Waals surface area contributed by atoms with E-state index >= 15 is 0 Å². The summed E-state index contributed by atoms with van der Waals surface area (Å²) in [4.78, 5) is 0. The molecule has 15 heavy (non-hydrogen) atoms. The fraction of sp³-hybridized carbons (Fsp3) is 1.00. The molecule has 3 saturated carbocycles. The van der Waals surface area contributed by atoms with E-state index in [0.717, 1.165) is 5.41 Å². The van der Waals surface area contributed by atoms with E-state index in [4.69, 9.17) is 0 Å². The highest BCUT2D eigenvalue weighted by Gasteiger charge is 2.53. The molecule has 0 aromatic carbocycles. The van der Waals surface area contributed by atoms with Crippen LogP contribution >= 0.6 is 0 Å². The van der Waals surface area contributed by atoms with Crippen LogP contribution in [0.25, 0.3) is 0 Å². The topological polar surface area (TPSA) is 0 Å². The van der Waals surface area contributed by atoms with Gasteiger partial charge in [0.15, 0.2) is 0 Å². The van der Waals surface area contributed by atoms with E-state index in [9.17, 15) is 0 Å². The lowest BCUT2D eigenvalue weighted by molar-refractivity contribution is 0.148. The Hall–Kier alpha value is 0. The SMILES string of the molecule is C1CCC23CCC(CC2)C3C1.CC.CC. The number of hydrogen-bond donors (Lipinski definition) is 0. The quantitative estimate of drug-likeness (QED) is 0.501. The standard InChI is InChI=1S/C11H18.2C2H6/c1-2-6-11-7-4-9(5-8-11)10(11)3-1;2*1-2/h9-10H,1-8H2;2*1-2H3. The van der Waals surface area contributed by atoms with Gasteiger partial charge in [0, 0.05) is 0 Å². The summed E-state index contributed by atoms with van der Waals surface area (Å²) in [5.74, 6) is 2.37. The van der Waals surface area contributed by atoms with Gasteiger partial charge in [-0.3, -0.25) is 0 Å². The molecule has 0 heterocycles. The minimum Gasteiger partial charge on any atom is -0.0683 e. The molecule has 1 atom stereocenters. The molecule has 2 bridgehead atoms. The zero-order valence-electron chi connectivity index (χ0n) is 11.3. The second-order valence-electron chi connectivity index (χ2n) is 5.05. The van der Waals surface area contributed by atoms with Crippen molar-refractivity contribution >= 4 is 0 Å². The van der Waals surface area contributed by atoms with E-state index < -0.39 is 0 Å². The molecule has 0 nitrogen and oxygen atoms in total. The molecule has 90 valence electrons. The van der Waals surface area contributed by atoms with Crippen molar-refractivity contribution in [3.05, 3.63) is 0 Å². The van der Waals surface area contributed by atoms with E-state index in [2.05, 4.69) is 0 Å². The first-order chi connectivity index (χ1) is 7.41. The molecule has 0 saturated heterocycles. The van der Waals surface area contributed by atoms with Crippen molar-refractivity contribution in [1.82, 2.24) is 0 Å². The number of rotatable bonds is 0. The zero-order chi connectivity index (χ0) is 11.3. The lowest BCUT2D eigenvalue weighted by Crippen LogP contribution is -2.25. The normalized spacial score (nSPS) is 40.8. The molecule has 3 fully saturated rings. The number of hydrogen-bond acceptors (Lipinski definition) is 0. The Morgan fingerprint density at radius 1 is 0.733 bits per heavy atom. The molecule has 1 unspecified atom stereocenters. The minimum absolute atomic E-state index is 0.906. The van der Waals surface area contributed by atoms with E-state index in [0.29, 0.717) is 0 Å². The van der Waals surface area contributed by atoms with Crippen molar-refractivity contribution in [1.29, 1.82) is 0 Å². The van der Waals surface area contributed by atoms with Crippen molar-refractivity contribution < 1.29 is 0 Å². The second-order valence-corrected chi connectivity index (χ2v) is 5.05. The first kappa shape index (κ1) is 13.1. The third kappa shape index (κ3) is 2.24. The summed E-state index contributed by atoms with van der Waals surface area (Å²) in [6, 6.07) is 0. The molecular weight excluding hydrogens is 180 g/mol. The smallest absolute Gasteiger partial charge is 0.0266 e. The molecule has 0 N–H and O–H groups in total. The highest BCUT2D eigenvalue weighted by molar-refractivity contribution is 5.03. The predicted molar refractivity (Wildman–Crippen MR) is 69.0 cm³/mol. The maximum absolute atomic E-state index is 2.00. The fourth-order valence-corrected chi connectivity index (χ4v) is 4.31. The Labute approximate surface area is 96.8 Å². The highest BCUT2D eigenvalue weighted by Crippen LogP contribution is 2.64. The Morgan fingerprint density at radius 3 is 1.87 bits per heavy atom. The average Bonchev–Trinajstić information content (AvgIpc) is 2.89. The van der Waals surface area contributed by atoms with Gasteiger partial charge in [0.25, 0.3) is 0 Å². The third-order valence-electron chi connectivity index (χ3n) is 4.82. The lowest BCUT2D eigenvalue weighted by Gasteiger charge is -2.36. The van der Waals surface area contributed by atoms with Crippen LogP contribution in [0.1, 0.15) is 79.1 Å². The molecule has 0 heteroatoms.